The number of benzene rings is 1. The molecule has 1 unspecified atom stereocenters. The molecule has 0 aliphatic carbocycles. The Balaban J connectivity index is 1.90. The summed E-state index contributed by atoms with van der Waals surface area (Å²) in [6.07, 6.45) is 3.95. The molecule has 7 nitrogen and oxygen atoms in total. The molecule has 7 heteroatoms. The topological polar surface area (TPSA) is 87.5 Å². The zero-order chi connectivity index (χ0) is 19.6. The first kappa shape index (κ1) is 20.6. The van der Waals surface area contributed by atoms with Crippen molar-refractivity contribution in [2.24, 2.45) is 0 Å². The maximum absolute atomic E-state index is 12.1. The minimum Gasteiger partial charge on any atom is -0.480 e. The predicted octanol–water partition coefficient (Wildman–Crippen LogP) is 1.78. The van der Waals surface area contributed by atoms with Crippen LogP contribution in [-0.4, -0.2) is 57.1 Å². The zero-order valence-electron chi connectivity index (χ0n) is 16.0. The third kappa shape index (κ3) is 6.86. The fraction of sp³-hybridized carbons (Fsp3) is 0.450. The molecule has 2 aromatic rings. The highest BCUT2D eigenvalue weighted by molar-refractivity contribution is 5.83. The predicted molar refractivity (Wildman–Crippen MR) is 103 cm³/mol. The molecular weight excluding hydrogens is 344 g/mol. The Morgan fingerprint density at radius 3 is 2.56 bits per heavy atom. The lowest BCUT2D eigenvalue weighted by molar-refractivity contribution is -0.141. The maximum Gasteiger partial charge on any atom is 0.326 e. The van der Waals surface area contributed by atoms with Gasteiger partial charge >= 0.3 is 5.97 Å². The highest BCUT2D eigenvalue weighted by Gasteiger charge is 2.21. The Bertz CT molecular complexity index is 726. The number of nitrogens with one attached hydrogen (secondary N) is 1. The first-order valence-electron chi connectivity index (χ1n) is 9.30. The van der Waals surface area contributed by atoms with Crippen molar-refractivity contribution in [3.05, 3.63) is 54.1 Å². The summed E-state index contributed by atoms with van der Waals surface area (Å²) in [6, 6.07) is 8.98. The van der Waals surface area contributed by atoms with Crippen molar-refractivity contribution >= 4 is 11.9 Å². The summed E-state index contributed by atoms with van der Waals surface area (Å²) >= 11 is 0. The fourth-order valence-electron chi connectivity index (χ4n) is 2.87. The van der Waals surface area contributed by atoms with Crippen LogP contribution in [0.4, 0.5) is 0 Å². The smallest absolute Gasteiger partial charge is 0.326 e. The van der Waals surface area contributed by atoms with E-state index < -0.39 is 12.0 Å². The van der Waals surface area contributed by atoms with Crippen LogP contribution in [0.2, 0.25) is 0 Å². The van der Waals surface area contributed by atoms with Crippen molar-refractivity contribution in [3.63, 3.8) is 0 Å². The van der Waals surface area contributed by atoms with Gasteiger partial charge in [0.25, 0.3) is 0 Å². The van der Waals surface area contributed by atoms with E-state index in [1.54, 1.807) is 6.33 Å². The van der Waals surface area contributed by atoms with E-state index >= 15 is 0 Å². The number of imidazole rings is 1. The molecule has 2 rings (SSSR count). The molecule has 0 saturated heterocycles. The number of hydrogen-bond acceptors (Lipinski definition) is 4. The van der Waals surface area contributed by atoms with Crippen LogP contribution >= 0.6 is 0 Å². The molecular formula is C20H28N4O3. The molecule has 27 heavy (non-hydrogen) atoms. The second-order valence-electron chi connectivity index (χ2n) is 6.46. The monoisotopic (exact) mass is 372 g/mol. The first-order chi connectivity index (χ1) is 13.0. The summed E-state index contributed by atoms with van der Waals surface area (Å²) in [4.78, 5) is 30.0. The molecule has 1 amide bonds. The molecule has 0 aliphatic heterocycles. The Hall–Kier alpha value is -2.67. The van der Waals surface area contributed by atoms with Crippen LogP contribution in [-0.2, 0) is 22.6 Å². The van der Waals surface area contributed by atoms with Gasteiger partial charge in [-0.1, -0.05) is 44.2 Å². The minimum atomic E-state index is -1.05. The molecule has 1 heterocycles. The molecule has 146 valence electrons. The molecule has 0 spiro atoms. The summed E-state index contributed by atoms with van der Waals surface area (Å²) in [5, 5.41) is 12.0. The van der Waals surface area contributed by atoms with E-state index in [9.17, 15) is 14.7 Å². The third-order valence-electron chi connectivity index (χ3n) is 4.49. The van der Waals surface area contributed by atoms with Crippen molar-refractivity contribution < 1.29 is 14.7 Å². The van der Waals surface area contributed by atoms with Gasteiger partial charge in [0.1, 0.15) is 6.04 Å². The van der Waals surface area contributed by atoms with Gasteiger partial charge in [0.2, 0.25) is 5.91 Å². The lowest BCUT2D eigenvalue weighted by atomic mass is 10.1. The molecule has 0 aliphatic rings. The summed E-state index contributed by atoms with van der Waals surface area (Å²) in [7, 11) is 0. The van der Waals surface area contributed by atoms with E-state index in [2.05, 4.69) is 15.2 Å². The number of aliphatic carboxylic acids is 1. The van der Waals surface area contributed by atoms with Gasteiger partial charge in [-0.15, -0.1) is 0 Å². The Labute approximate surface area is 160 Å². The van der Waals surface area contributed by atoms with Gasteiger partial charge in [-0.25, -0.2) is 9.78 Å². The quantitative estimate of drug-likeness (QED) is 0.628. The molecule has 0 radical (unpaired) electrons. The van der Waals surface area contributed by atoms with Crippen LogP contribution in [0.25, 0.3) is 0 Å². The highest BCUT2D eigenvalue weighted by Crippen LogP contribution is 2.06. The Kier molecular flexibility index (Phi) is 8.00. The fourth-order valence-corrected chi connectivity index (χ4v) is 2.87. The number of carbonyl (C=O) groups excluding carboxylic acids is 1. The minimum absolute atomic E-state index is 0.161. The SMILES string of the molecule is CCN(CC)CCC(=O)NC(Cc1cn(Cc2ccccc2)cn1)C(=O)O. The van der Waals surface area contributed by atoms with Crippen molar-refractivity contribution in [1.29, 1.82) is 0 Å². The van der Waals surface area contributed by atoms with E-state index in [4.69, 9.17) is 0 Å². The number of aromatic nitrogens is 2. The van der Waals surface area contributed by atoms with E-state index in [1.807, 2.05) is 54.9 Å². The molecule has 0 fully saturated rings. The van der Waals surface area contributed by atoms with Crippen LogP contribution in [0.15, 0.2) is 42.9 Å². The van der Waals surface area contributed by atoms with E-state index in [-0.39, 0.29) is 18.7 Å². The second-order valence-corrected chi connectivity index (χ2v) is 6.46. The van der Waals surface area contributed by atoms with E-state index in [0.29, 0.717) is 18.8 Å². The van der Waals surface area contributed by atoms with E-state index in [0.717, 1.165) is 18.7 Å². The van der Waals surface area contributed by atoms with Crippen molar-refractivity contribution in [2.45, 2.75) is 39.3 Å². The number of carboxylic acids is 1. The van der Waals surface area contributed by atoms with E-state index in [1.165, 1.54) is 0 Å². The molecule has 0 saturated carbocycles. The number of amides is 1. The largest absolute Gasteiger partial charge is 0.480 e. The normalized spacial score (nSPS) is 12.1. The average molecular weight is 372 g/mol. The van der Waals surface area contributed by atoms with Crippen LogP contribution in [0.3, 0.4) is 0 Å². The number of carbonyl (C=O) groups is 2. The van der Waals surface area contributed by atoms with Gasteiger partial charge in [0.15, 0.2) is 0 Å². The summed E-state index contributed by atoms with van der Waals surface area (Å²) in [5.74, 6) is -1.30. The van der Waals surface area contributed by atoms with Gasteiger partial charge in [0.05, 0.1) is 12.0 Å². The number of nitrogens with zero attached hydrogens (tertiary/aromatic N) is 3. The molecule has 1 atom stereocenters. The summed E-state index contributed by atoms with van der Waals surface area (Å²) in [5.41, 5.74) is 1.78. The lowest BCUT2D eigenvalue weighted by Crippen LogP contribution is -2.43. The molecule has 0 bridgehead atoms. The summed E-state index contributed by atoms with van der Waals surface area (Å²) in [6.45, 7) is 7.09. The average Bonchev–Trinajstić information content (AvgIpc) is 3.09. The highest BCUT2D eigenvalue weighted by atomic mass is 16.4. The van der Waals surface area contributed by atoms with Crippen LogP contribution in [0.1, 0.15) is 31.5 Å². The number of hydrogen-bond donors (Lipinski definition) is 2. The molecule has 1 aromatic carbocycles. The van der Waals surface area contributed by atoms with Crippen LogP contribution in [0, 0.1) is 0 Å². The third-order valence-corrected chi connectivity index (χ3v) is 4.49. The summed E-state index contributed by atoms with van der Waals surface area (Å²) < 4.78 is 1.91. The molecule has 1 aromatic heterocycles. The standard InChI is InChI=1S/C20H28N4O3/c1-3-23(4-2)11-10-19(25)22-18(20(26)27)12-17-14-24(15-21-17)13-16-8-6-5-7-9-16/h5-9,14-15,18H,3-4,10-13H2,1-2H3,(H,22,25)(H,26,27). The number of rotatable bonds is 11. The molecule has 2 N–H and O–H groups in total. The lowest BCUT2D eigenvalue weighted by Gasteiger charge is -2.18. The van der Waals surface area contributed by atoms with Gasteiger partial charge in [-0.2, -0.15) is 0 Å². The maximum atomic E-state index is 12.1. The van der Waals surface area contributed by atoms with Crippen LogP contribution < -0.4 is 5.32 Å². The van der Waals surface area contributed by atoms with Gasteiger partial charge in [-0.3, -0.25) is 4.79 Å². The van der Waals surface area contributed by atoms with Gasteiger partial charge in [-0.05, 0) is 18.7 Å². The Morgan fingerprint density at radius 2 is 1.93 bits per heavy atom. The van der Waals surface area contributed by atoms with Gasteiger partial charge in [0, 0.05) is 32.1 Å². The van der Waals surface area contributed by atoms with Crippen molar-refractivity contribution in [1.82, 2.24) is 19.8 Å². The number of carboxylic acid groups (broad SMARTS) is 1. The van der Waals surface area contributed by atoms with Gasteiger partial charge < -0.3 is 19.9 Å². The van der Waals surface area contributed by atoms with Crippen molar-refractivity contribution in [2.75, 3.05) is 19.6 Å². The Morgan fingerprint density at radius 1 is 1.22 bits per heavy atom. The van der Waals surface area contributed by atoms with Crippen molar-refractivity contribution in [3.8, 4) is 0 Å². The second kappa shape index (κ2) is 10.5. The first-order valence-corrected chi connectivity index (χ1v) is 9.30. The zero-order valence-corrected chi connectivity index (χ0v) is 16.0. The van der Waals surface area contributed by atoms with Crippen LogP contribution in [0.5, 0.6) is 0 Å².